The normalized spacial score (nSPS) is 24.7. The second-order valence-corrected chi connectivity index (χ2v) is 7.99. The van der Waals surface area contributed by atoms with E-state index in [4.69, 9.17) is 15.2 Å². The summed E-state index contributed by atoms with van der Waals surface area (Å²) in [5.74, 6) is -9.46. The number of amides is 2. The Morgan fingerprint density at radius 2 is 1.74 bits per heavy atom. The topological polar surface area (TPSA) is 90.6 Å². The van der Waals surface area contributed by atoms with Crippen LogP contribution < -0.4 is 15.8 Å². The van der Waals surface area contributed by atoms with Crippen molar-refractivity contribution < 1.29 is 45.4 Å². The van der Waals surface area contributed by atoms with E-state index in [1.165, 1.54) is 0 Å². The van der Waals surface area contributed by atoms with Gasteiger partial charge in [0.25, 0.3) is 11.8 Å². The molecule has 1 aliphatic heterocycles. The summed E-state index contributed by atoms with van der Waals surface area (Å²) in [6, 6.07) is 4.53. The standard InChI is InChI=1S/C22H20F6N2O4/c1-9-15(11-5-7-14(24)16(25)17(11)33-3)18(34-21(9,2)22(26,27)28)20(32)30-10-4-6-13(23)12(8-10)19(29)31/h4-9,15,18H,1-3H3,(H2,29,31)(H,30,32). The number of carbonyl (C=O) groups is 2. The summed E-state index contributed by atoms with van der Waals surface area (Å²) >= 11 is 0. The van der Waals surface area contributed by atoms with Gasteiger partial charge in [0.1, 0.15) is 11.9 Å². The number of primary amides is 1. The van der Waals surface area contributed by atoms with Crippen molar-refractivity contribution in [3.8, 4) is 5.75 Å². The largest absolute Gasteiger partial charge is 0.493 e. The van der Waals surface area contributed by atoms with Crippen LogP contribution >= 0.6 is 0 Å². The summed E-state index contributed by atoms with van der Waals surface area (Å²) in [6.45, 7) is 1.91. The summed E-state index contributed by atoms with van der Waals surface area (Å²) in [6.07, 6.45) is -6.77. The van der Waals surface area contributed by atoms with Crippen LogP contribution in [0.4, 0.5) is 32.0 Å². The third-order valence-corrected chi connectivity index (χ3v) is 6.07. The van der Waals surface area contributed by atoms with E-state index in [1.54, 1.807) is 0 Å². The summed E-state index contributed by atoms with van der Waals surface area (Å²) < 4.78 is 93.8. The van der Waals surface area contributed by atoms with Gasteiger partial charge in [0.15, 0.2) is 17.2 Å². The molecule has 1 saturated heterocycles. The lowest BCUT2D eigenvalue weighted by Crippen LogP contribution is -2.47. The molecule has 184 valence electrons. The fourth-order valence-electron chi connectivity index (χ4n) is 4.05. The van der Waals surface area contributed by atoms with Gasteiger partial charge in [-0.2, -0.15) is 17.6 Å². The van der Waals surface area contributed by atoms with Crippen molar-refractivity contribution in [1.82, 2.24) is 0 Å². The number of carbonyl (C=O) groups excluding carboxylic acids is 2. The number of methoxy groups -OCH3 is 1. The van der Waals surface area contributed by atoms with Crippen molar-refractivity contribution >= 4 is 17.5 Å². The molecule has 4 unspecified atom stereocenters. The van der Waals surface area contributed by atoms with E-state index in [9.17, 15) is 35.9 Å². The average Bonchev–Trinajstić information content (AvgIpc) is 3.03. The van der Waals surface area contributed by atoms with Gasteiger partial charge in [-0.1, -0.05) is 13.0 Å². The van der Waals surface area contributed by atoms with Crippen molar-refractivity contribution in [3.63, 3.8) is 0 Å². The molecule has 3 rings (SSSR count). The lowest BCUT2D eigenvalue weighted by atomic mass is 9.77. The fraction of sp³-hybridized carbons (Fsp3) is 0.364. The molecule has 4 atom stereocenters. The van der Waals surface area contributed by atoms with Crippen LogP contribution in [0.25, 0.3) is 0 Å². The maximum absolute atomic E-state index is 14.4. The van der Waals surface area contributed by atoms with Gasteiger partial charge in [0.2, 0.25) is 5.82 Å². The maximum Gasteiger partial charge on any atom is 0.417 e. The second kappa shape index (κ2) is 8.82. The molecule has 6 nitrogen and oxygen atoms in total. The number of benzene rings is 2. The van der Waals surface area contributed by atoms with Gasteiger partial charge < -0.3 is 20.5 Å². The second-order valence-electron chi connectivity index (χ2n) is 7.99. The molecular weight excluding hydrogens is 470 g/mol. The smallest absolute Gasteiger partial charge is 0.417 e. The van der Waals surface area contributed by atoms with Crippen LogP contribution in [0.15, 0.2) is 30.3 Å². The zero-order valence-corrected chi connectivity index (χ0v) is 18.1. The van der Waals surface area contributed by atoms with Crippen molar-refractivity contribution in [1.29, 1.82) is 0 Å². The Bertz CT molecular complexity index is 1140. The summed E-state index contributed by atoms with van der Waals surface area (Å²) in [5, 5.41) is 2.26. The van der Waals surface area contributed by atoms with E-state index in [0.29, 0.717) is 6.07 Å². The molecule has 0 spiro atoms. The molecule has 0 saturated carbocycles. The number of anilines is 1. The van der Waals surface area contributed by atoms with Gasteiger partial charge in [-0.3, -0.25) is 9.59 Å². The molecule has 0 bridgehead atoms. The molecule has 3 N–H and O–H groups in total. The first-order valence-corrected chi connectivity index (χ1v) is 9.89. The Balaban J connectivity index is 2.08. The number of nitrogens with one attached hydrogen (secondary N) is 1. The number of alkyl halides is 3. The molecule has 1 heterocycles. The van der Waals surface area contributed by atoms with Gasteiger partial charge >= 0.3 is 6.18 Å². The third kappa shape index (κ3) is 4.17. The summed E-state index contributed by atoms with van der Waals surface area (Å²) in [7, 11) is 1.00. The average molecular weight is 490 g/mol. The van der Waals surface area contributed by atoms with Crippen LogP contribution in [0, 0.1) is 23.4 Å². The third-order valence-electron chi connectivity index (χ3n) is 6.07. The lowest BCUT2D eigenvalue weighted by molar-refractivity contribution is -0.272. The van der Waals surface area contributed by atoms with Crippen LogP contribution in [0.1, 0.15) is 35.7 Å². The van der Waals surface area contributed by atoms with Crippen LogP contribution in [0.2, 0.25) is 0 Å². The molecule has 1 fully saturated rings. The van der Waals surface area contributed by atoms with Crippen LogP contribution in [-0.2, 0) is 9.53 Å². The van der Waals surface area contributed by atoms with Gasteiger partial charge in [0.05, 0.1) is 12.7 Å². The Morgan fingerprint density at radius 1 is 1.12 bits per heavy atom. The van der Waals surface area contributed by atoms with Gasteiger partial charge in [-0.15, -0.1) is 0 Å². The van der Waals surface area contributed by atoms with Crippen LogP contribution in [-0.4, -0.2) is 36.8 Å². The highest BCUT2D eigenvalue weighted by atomic mass is 19.4. The minimum atomic E-state index is -4.93. The van der Waals surface area contributed by atoms with E-state index >= 15 is 0 Å². The Morgan fingerprint density at radius 3 is 2.29 bits per heavy atom. The first kappa shape index (κ1) is 25.3. The molecular formula is C22H20F6N2O4. The number of hydrogen-bond donors (Lipinski definition) is 2. The molecule has 0 aliphatic carbocycles. The number of rotatable bonds is 5. The summed E-state index contributed by atoms with van der Waals surface area (Å²) in [5.41, 5.74) is 1.32. The van der Waals surface area contributed by atoms with Crippen molar-refractivity contribution in [2.24, 2.45) is 11.7 Å². The molecule has 0 aromatic heterocycles. The van der Waals surface area contributed by atoms with Crippen molar-refractivity contribution in [3.05, 3.63) is 58.9 Å². The monoisotopic (exact) mass is 490 g/mol. The molecule has 2 amide bonds. The SMILES string of the molecule is COc1c(C2C(C(=O)Nc3ccc(F)c(C(N)=O)c3)OC(C)(C(F)(F)F)C2C)ccc(F)c1F. The highest BCUT2D eigenvalue weighted by Gasteiger charge is 2.65. The van der Waals surface area contributed by atoms with Crippen LogP contribution in [0.3, 0.4) is 0 Å². The fourth-order valence-corrected chi connectivity index (χ4v) is 4.05. The van der Waals surface area contributed by atoms with Gasteiger partial charge in [0, 0.05) is 23.1 Å². The van der Waals surface area contributed by atoms with E-state index in [2.05, 4.69) is 5.32 Å². The minimum absolute atomic E-state index is 0.145. The zero-order chi connectivity index (χ0) is 25.6. The zero-order valence-electron chi connectivity index (χ0n) is 18.1. The first-order chi connectivity index (χ1) is 15.7. The van der Waals surface area contributed by atoms with E-state index in [1.807, 2.05) is 0 Å². The van der Waals surface area contributed by atoms with Gasteiger partial charge in [-0.05, 0) is 31.2 Å². The van der Waals surface area contributed by atoms with Crippen molar-refractivity contribution in [2.75, 3.05) is 12.4 Å². The molecule has 0 radical (unpaired) electrons. The lowest BCUT2D eigenvalue weighted by Gasteiger charge is -2.32. The van der Waals surface area contributed by atoms with E-state index < -0.39 is 70.3 Å². The van der Waals surface area contributed by atoms with E-state index in [-0.39, 0.29) is 11.3 Å². The Hall–Kier alpha value is -3.28. The number of hydrogen-bond acceptors (Lipinski definition) is 4. The predicted molar refractivity (Wildman–Crippen MR) is 108 cm³/mol. The first-order valence-electron chi connectivity index (χ1n) is 9.89. The Kier molecular flexibility index (Phi) is 6.57. The number of ether oxygens (including phenoxy) is 2. The predicted octanol–water partition coefficient (Wildman–Crippen LogP) is 4.29. The number of halogens is 6. The molecule has 1 aliphatic rings. The minimum Gasteiger partial charge on any atom is -0.493 e. The van der Waals surface area contributed by atoms with Gasteiger partial charge in [-0.25, -0.2) is 8.78 Å². The molecule has 2 aromatic rings. The van der Waals surface area contributed by atoms with E-state index in [0.717, 1.165) is 45.2 Å². The highest BCUT2D eigenvalue weighted by Crippen LogP contribution is 2.55. The highest BCUT2D eigenvalue weighted by molar-refractivity contribution is 5.98. The van der Waals surface area contributed by atoms with Crippen LogP contribution in [0.5, 0.6) is 5.75 Å². The maximum atomic E-state index is 14.4. The van der Waals surface area contributed by atoms with Crippen molar-refractivity contribution in [2.45, 2.75) is 37.6 Å². The quantitative estimate of drug-likeness (QED) is 0.612. The Labute approximate surface area is 190 Å². The molecule has 2 aromatic carbocycles. The molecule has 34 heavy (non-hydrogen) atoms. The number of nitrogens with two attached hydrogens (primary N) is 1. The molecule has 12 heteroatoms. The summed E-state index contributed by atoms with van der Waals surface area (Å²) in [4.78, 5) is 24.4.